The summed E-state index contributed by atoms with van der Waals surface area (Å²) in [6.45, 7) is 0. The molecule has 0 unspecified atom stereocenters. The van der Waals surface area contributed by atoms with E-state index in [1.165, 1.54) is 12.3 Å². The molecule has 2 rings (SSSR count). The first-order valence-corrected chi connectivity index (χ1v) is 5.34. The Bertz CT molecular complexity index is 519. The van der Waals surface area contributed by atoms with E-state index in [4.69, 9.17) is 4.42 Å². The van der Waals surface area contributed by atoms with Gasteiger partial charge in [-0.05, 0) is 23.8 Å². The molecular weight excluding hydrogens is 212 g/mol. The van der Waals surface area contributed by atoms with E-state index in [9.17, 15) is 4.79 Å². The summed E-state index contributed by atoms with van der Waals surface area (Å²) < 4.78 is 4.99. The van der Waals surface area contributed by atoms with Gasteiger partial charge in [0.15, 0.2) is 5.76 Å². The first-order valence-electron chi connectivity index (χ1n) is 5.34. The van der Waals surface area contributed by atoms with Crippen LogP contribution in [-0.4, -0.2) is 5.78 Å². The van der Waals surface area contributed by atoms with E-state index in [2.05, 4.69) is 0 Å². The standard InChI is InChI=1S/C15H12O2/c16-14(15-11-6-12-17-15)10-5-4-9-13-7-2-1-3-8-13/h1-12H/b9-4-,10-5+. The fourth-order valence-corrected chi connectivity index (χ4v) is 1.37. The maximum atomic E-state index is 11.5. The third-order valence-electron chi connectivity index (χ3n) is 2.21. The van der Waals surface area contributed by atoms with E-state index in [1.54, 1.807) is 18.2 Å². The first kappa shape index (κ1) is 11.1. The Morgan fingerprint density at radius 2 is 1.82 bits per heavy atom. The third kappa shape index (κ3) is 3.31. The van der Waals surface area contributed by atoms with Gasteiger partial charge in [-0.15, -0.1) is 0 Å². The van der Waals surface area contributed by atoms with Gasteiger partial charge in [0.2, 0.25) is 5.78 Å². The summed E-state index contributed by atoms with van der Waals surface area (Å²) in [6.07, 6.45) is 8.44. The molecule has 0 amide bonds. The molecule has 0 aliphatic heterocycles. The van der Waals surface area contributed by atoms with Crippen molar-refractivity contribution < 1.29 is 9.21 Å². The zero-order valence-electron chi connectivity index (χ0n) is 9.24. The molecule has 0 bridgehead atoms. The summed E-state index contributed by atoms with van der Waals surface area (Å²) in [7, 11) is 0. The molecule has 1 aromatic carbocycles. The van der Waals surface area contributed by atoms with Crippen LogP contribution in [0.5, 0.6) is 0 Å². The monoisotopic (exact) mass is 224 g/mol. The molecular formula is C15H12O2. The number of benzene rings is 1. The molecule has 2 nitrogen and oxygen atoms in total. The largest absolute Gasteiger partial charge is 0.461 e. The Morgan fingerprint density at radius 1 is 1.00 bits per heavy atom. The minimum absolute atomic E-state index is 0.132. The van der Waals surface area contributed by atoms with Crippen molar-refractivity contribution in [2.75, 3.05) is 0 Å². The maximum absolute atomic E-state index is 11.5. The lowest BCUT2D eigenvalue weighted by molar-refractivity contribution is 0.102. The molecule has 0 N–H and O–H groups in total. The zero-order chi connectivity index (χ0) is 11.9. The summed E-state index contributed by atoms with van der Waals surface area (Å²) in [4.78, 5) is 11.5. The fourth-order valence-electron chi connectivity index (χ4n) is 1.37. The Morgan fingerprint density at radius 3 is 2.53 bits per heavy atom. The predicted octanol–water partition coefficient (Wildman–Crippen LogP) is 3.73. The van der Waals surface area contributed by atoms with E-state index in [-0.39, 0.29) is 5.78 Å². The lowest BCUT2D eigenvalue weighted by atomic mass is 10.2. The highest BCUT2D eigenvalue weighted by Gasteiger charge is 2.01. The molecule has 1 aromatic heterocycles. The minimum atomic E-state index is -0.132. The van der Waals surface area contributed by atoms with Gasteiger partial charge in [0.05, 0.1) is 6.26 Å². The molecule has 0 spiro atoms. The van der Waals surface area contributed by atoms with Crippen molar-refractivity contribution in [3.8, 4) is 0 Å². The average Bonchev–Trinajstić information content (AvgIpc) is 2.89. The molecule has 0 saturated carbocycles. The van der Waals surface area contributed by atoms with Crippen LogP contribution < -0.4 is 0 Å². The topological polar surface area (TPSA) is 30.2 Å². The summed E-state index contributed by atoms with van der Waals surface area (Å²) in [6, 6.07) is 13.2. The van der Waals surface area contributed by atoms with Crippen molar-refractivity contribution in [1.82, 2.24) is 0 Å². The van der Waals surface area contributed by atoms with Gasteiger partial charge in [-0.3, -0.25) is 4.79 Å². The molecule has 2 heteroatoms. The zero-order valence-corrected chi connectivity index (χ0v) is 9.24. The quantitative estimate of drug-likeness (QED) is 0.450. The van der Waals surface area contributed by atoms with Crippen LogP contribution in [0.15, 0.2) is 71.4 Å². The molecule has 0 fully saturated rings. The van der Waals surface area contributed by atoms with Crippen molar-refractivity contribution >= 4 is 11.9 Å². The van der Waals surface area contributed by atoms with Crippen molar-refractivity contribution in [1.29, 1.82) is 0 Å². The molecule has 0 saturated heterocycles. The van der Waals surface area contributed by atoms with Gasteiger partial charge in [0, 0.05) is 0 Å². The van der Waals surface area contributed by atoms with Gasteiger partial charge in [0.1, 0.15) is 0 Å². The fraction of sp³-hybridized carbons (Fsp3) is 0. The Balaban J connectivity index is 1.94. The minimum Gasteiger partial charge on any atom is -0.461 e. The molecule has 1 heterocycles. The van der Waals surface area contributed by atoms with Crippen LogP contribution in [0.25, 0.3) is 6.08 Å². The molecule has 84 valence electrons. The summed E-state index contributed by atoms with van der Waals surface area (Å²) in [5, 5.41) is 0. The number of ketones is 1. The second-order valence-corrected chi connectivity index (χ2v) is 3.47. The van der Waals surface area contributed by atoms with Crippen LogP contribution >= 0.6 is 0 Å². The van der Waals surface area contributed by atoms with Gasteiger partial charge >= 0.3 is 0 Å². The molecule has 0 radical (unpaired) electrons. The lowest BCUT2D eigenvalue weighted by Gasteiger charge is -1.88. The molecule has 0 aliphatic rings. The van der Waals surface area contributed by atoms with Crippen molar-refractivity contribution in [3.63, 3.8) is 0 Å². The highest BCUT2D eigenvalue weighted by Crippen LogP contribution is 2.03. The highest BCUT2D eigenvalue weighted by molar-refractivity contribution is 6.02. The van der Waals surface area contributed by atoms with E-state index in [0.29, 0.717) is 5.76 Å². The van der Waals surface area contributed by atoms with Crippen LogP contribution in [0.4, 0.5) is 0 Å². The number of carbonyl (C=O) groups excluding carboxylic acids is 1. The Labute approximate surface area is 99.9 Å². The Kier molecular flexibility index (Phi) is 3.71. The molecule has 2 aromatic rings. The lowest BCUT2D eigenvalue weighted by Crippen LogP contribution is -1.89. The van der Waals surface area contributed by atoms with E-state index >= 15 is 0 Å². The normalized spacial score (nSPS) is 11.3. The van der Waals surface area contributed by atoms with Crippen LogP contribution in [0, 0.1) is 0 Å². The molecule has 0 atom stereocenters. The molecule has 17 heavy (non-hydrogen) atoms. The average molecular weight is 224 g/mol. The van der Waals surface area contributed by atoms with Crippen molar-refractivity contribution in [2.24, 2.45) is 0 Å². The van der Waals surface area contributed by atoms with Gasteiger partial charge in [-0.1, -0.05) is 48.6 Å². The van der Waals surface area contributed by atoms with Gasteiger partial charge in [-0.2, -0.15) is 0 Å². The van der Waals surface area contributed by atoms with Gasteiger partial charge in [0.25, 0.3) is 0 Å². The van der Waals surface area contributed by atoms with E-state index in [1.807, 2.05) is 42.5 Å². The number of allylic oxidation sites excluding steroid dienone is 3. The van der Waals surface area contributed by atoms with E-state index in [0.717, 1.165) is 5.56 Å². The second kappa shape index (κ2) is 5.66. The second-order valence-electron chi connectivity index (χ2n) is 3.47. The first-order chi connectivity index (χ1) is 8.36. The smallest absolute Gasteiger partial charge is 0.220 e. The van der Waals surface area contributed by atoms with Crippen molar-refractivity contribution in [3.05, 3.63) is 78.3 Å². The summed E-state index contributed by atoms with van der Waals surface area (Å²) in [5.41, 5.74) is 1.10. The number of hydrogen-bond acceptors (Lipinski definition) is 2. The van der Waals surface area contributed by atoms with E-state index < -0.39 is 0 Å². The van der Waals surface area contributed by atoms with Crippen LogP contribution in [0.1, 0.15) is 16.1 Å². The van der Waals surface area contributed by atoms with Crippen molar-refractivity contribution in [2.45, 2.75) is 0 Å². The third-order valence-corrected chi connectivity index (χ3v) is 2.21. The Hall–Kier alpha value is -2.35. The molecule has 0 aliphatic carbocycles. The van der Waals surface area contributed by atoms with Crippen LogP contribution in [0.2, 0.25) is 0 Å². The van der Waals surface area contributed by atoms with Gasteiger partial charge in [-0.25, -0.2) is 0 Å². The highest BCUT2D eigenvalue weighted by atomic mass is 16.3. The van der Waals surface area contributed by atoms with Gasteiger partial charge < -0.3 is 4.42 Å². The maximum Gasteiger partial charge on any atom is 0.220 e. The SMILES string of the molecule is O=C(/C=C/C=C\c1ccccc1)c1ccco1. The predicted molar refractivity (Wildman–Crippen MR) is 67.7 cm³/mol. The van der Waals surface area contributed by atoms with Crippen LogP contribution in [0.3, 0.4) is 0 Å². The number of carbonyl (C=O) groups is 1. The number of rotatable bonds is 4. The summed E-state index contributed by atoms with van der Waals surface area (Å²) in [5.74, 6) is 0.224. The number of furan rings is 1. The van der Waals surface area contributed by atoms with Crippen LogP contribution in [-0.2, 0) is 0 Å². The number of hydrogen-bond donors (Lipinski definition) is 0. The summed E-state index contributed by atoms with van der Waals surface area (Å²) >= 11 is 0.